The molecular weight excluding hydrogens is 1780 g/mol. The molecule has 0 spiro atoms. The fourth-order valence-electron chi connectivity index (χ4n) is 15.0. The monoisotopic (exact) mass is 1900 g/mol. The molecule has 41 heteroatoms. The number of fused-ring (bicyclic) bond motifs is 1. The van der Waals surface area contributed by atoms with Gasteiger partial charge >= 0.3 is 5.97 Å². The van der Waals surface area contributed by atoms with Crippen LogP contribution in [0, 0.1) is 29.6 Å². The van der Waals surface area contributed by atoms with Crippen LogP contribution >= 0.6 is 11.8 Å². The summed E-state index contributed by atoms with van der Waals surface area (Å²) in [6, 6.07) is 13.5. The lowest BCUT2D eigenvalue weighted by atomic mass is 9.97. The Bertz CT molecular complexity index is 5250. The van der Waals surface area contributed by atoms with E-state index in [2.05, 4.69) is 79.4 Å². The van der Waals surface area contributed by atoms with Crippen molar-refractivity contribution in [1.29, 1.82) is 0 Å². The zero-order valence-electron chi connectivity index (χ0n) is 78.2. The first-order valence-electron chi connectivity index (χ1n) is 44.9. The van der Waals surface area contributed by atoms with Crippen molar-refractivity contribution >= 4 is 135 Å². The predicted molar refractivity (Wildman–Crippen MR) is 504 cm³/mol. The van der Waals surface area contributed by atoms with E-state index in [4.69, 9.17) is 17.2 Å². The van der Waals surface area contributed by atoms with E-state index in [-0.39, 0.29) is 61.5 Å². The highest BCUT2D eigenvalue weighted by molar-refractivity contribution is 8.00. The SMILES string of the molecule is CC(C)CC1NC(=O)C(C)N(C)C(=O)C(C(C)C)NC(=O)[C@H](Cc2ccc(-c3ccccc3)cc2)NC(=O)C(CC(C)C)NC(=O)[C@H](Cc2c[nH]c3ccccc23)NC(=O)[C@H](CC(N)=O)NC(=O)[C@H](Cc2cccc(C(=O)O)c2)NC(=O)[C@H](Cc2ccccc2)NC(=O)CSCC(C(=O)NCC(N)=O)NC(=O)C(CO)NC(=O)[C@H](C(C)C)NC(=O)[C@H](CC(C)C)NC(=O)[C@H](CC(N)=O)NC1=O. The van der Waals surface area contributed by atoms with Gasteiger partial charge in [-0.1, -0.05) is 184 Å². The fraction of sp³-hybridized carbons (Fsp3) is 0.463. The lowest BCUT2D eigenvalue weighted by Gasteiger charge is -2.33. The summed E-state index contributed by atoms with van der Waals surface area (Å²) in [5, 5.41) is 57.4. The third kappa shape index (κ3) is 34.1. The van der Waals surface area contributed by atoms with Gasteiger partial charge in [-0.15, -0.1) is 11.8 Å². The van der Waals surface area contributed by atoms with Crippen molar-refractivity contribution in [1.82, 2.24) is 84.3 Å². The first-order chi connectivity index (χ1) is 64.3. The molecule has 23 N–H and O–H groups in total. The molecule has 6 unspecified atom stereocenters. The topological polar surface area (TPSA) is 630 Å². The summed E-state index contributed by atoms with van der Waals surface area (Å²) in [7, 11) is 1.27. The highest BCUT2D eigenvalue weighted by Crippen LogP contribution is 2.24. The number of likely N-dealkylation sites (N-methyl/N-ethyl adjacent to an activating group) is 1. The van der Waals surface area contributed by atoms with Crippen LogP contribution < -0.4 is 91.6 Å². The van der Waals surface area contributed by atoms with Crippen molar-refractivity contribution < 1.29 is 101 Å². The van der Waals surface area contributed by atoms with Crippen molar-refractivity contribution in [3.05, 3.63) is 167 Å². The van der Waals surface area contributed by atoms with Crippen LogP contribution in [0.25, 0.3) is 22.0 Å². The molecule has 1 aliphatic rings. The van der Waals surface area contributed by atoms with Crippen LogP contribution in [0.5, 0.6) is 0 Å². The minimum Gasteiger partial charge on any atom is -0.478 e. The zero-order valence-corrected chi connectivity index (χ0v) is 79.0. The fourth-order valence-corrected chi connectivity index (χ4v) is 15.8. The van der Waals surface area contributed by atoms with E-state index >= 15 is 33.6 Å². The second kappa shape index (κ2) is 52.5. The lowest BCUT2D eigenvalue weighted by molar-refractivity contribution is -0.143. The molecule has 40 nitrogen and oxygen atoms in total. The largest absolute Gasteiger partial charge is 0.478 e. The molecule has 1 aliphatic heterocycles. The number of benzene rings is 5. The number of aliphatic hydroxyl groups excluding tert-OH is 1. The molecule has 18 amide bonds. The number of carboxylic acid groups (broad SMARTS) is 1. The second-order valence-corrected chi connectivity index (χ2v) is 36.7. The third-order valence-corrected chi connectivity index (χ3v) is 23.4. The van der Waals surface area contributed by atoms with E-state index in [1.54, 1.807) is 140 Å². The number of aromatic nitrogens is 1. The molecule has 5 aromatic carbocycles. The van der Waals surface area contributed by atoms with Crippen LogP contribution in [-0.4, -0.2) is 249 Å². The smallest absolute Gasteiger partial charge is 0.335 e. The standard InChI is InChI=1S/C95H127N19O21S/c1-49(2)34-64-83(122)108-71(42-75(96)116)88(127)104-66(36-51(5)6)90(129)112-79(52(7)8)93(132)110-73(46-115)92(131)111-74(82(121)100-45-77(98)118)47-136-48-78(119)101-67(38-55-22-15-13-16-23-55)85(124)106-69(40-57-24-21-27-60(37-57)95(134)135)86(125)109-72(43-76(97)117)89(128)107-70(41-61-44-99-63-29-20-19-28-62(61)63)87(126)103-65(35-50(3)4)84(123)105-68(39-56-30-32-59(33-31-56)58-25-17-14-18-26-58)91(130)113-80(53(9)10)94(133)114(12)54(11)81(120)102-64/h13-33,37,44,49-54,64-74,79-80,99,115H,34-36,38-43,45-48H2,1-12H3,(H2,96,116)(H2,97,117)(H2,98,118)(H,100,121)(H,101,119)(H,102,120)(H,103,126)(H,104,127)(H,105,123)(H,106,124)(H,107,128)(H,108,122)(H,109,125)(H,110,132)(H,111,131)(H,112,129)(H,113,130)(H,134,135)/t54?,64?,65?,66-,67-,68-,69-,70-,71-,72-,73?,74?,79-,80?/m0/s1. The van der Waals surface area contributed by atoms with Crippen LogP contribution in [0.1, 0.15) is 141 Å². The number of thioether (sulfide) groups is 1. The van der Waals surface area contributed by atoms with E-state index in [0.29, 0.717) is 39.4 Å². The summed E-state index contributed by atoms with van der Waals surface area (Å²) in [4.78, 5) is 277. The van der Waals surface area contributed by atoms with Crippen LogP contribution in [0.3, 0.4) is 0 Å². The minimum absolute atomic E-state index is 0.108. The number of carbonyl (C=O) groups is 19. The van der Waals surface area contributed by atoms with E-state index in [1.165, 1.54) is 52.1 Å². The quantitative estimate of drug-likeness (QED) is 0.0325. The van der Waals surface area contributed by atoms with Crippen LogP contribution in [0.4, 0.5) is 0 Å². The first-order valence-corrected chi connectivity index (χ1v) is 46.0. The summed E-state index contributed by atoms with van der Waals surface area (Å²) in [5.41, 5.74) is 20.4. The number of amides is 18. The van der Waals surface area contributed by atoms with E-state index in [0.717, 1.165) is 16.0 Å². The van der Waals surface area contributed by atoms with Gasteiger partial charge in [0, 0.05) is 55.6 Å². The number of nitrogens with two attached hydrogens (primary N) is 3. The average Bonchev–Trinajstić information content (AvgIpc) is 1.58. The summed E-state index contributed by atoms with van der Waals surface area (Å²) < 4.78 is 0. The molecule has 7 rings (SSSR count). The number of H-pyrrole nitrogens is 1. The Morgan fingerprint density at radius 3 is 1.31 bits per heavy atom. The van der Waals surface area contributed by atoms with E-state index in [9.17, 15) is 67.7 Å². The Hall–Kier alpha value is -14.1. The van der Waals surface area contributed by atoms with Crippen LogP contribution in [0.2, 0.25) is 0 Å². The van der Waals surface area contributed by atoms with Crippen LogP contribution in [-0.2, 0) is 112 Å². The normalized spacial score (nSPS) is 23.1. The van der Waals surface area contributed by atoms with Crippen molar-refractivity contribution in [2.24, 2.45) is 46.8 Å². The highest BCUT2D eigenvalue weighted by Gasteiger charge is 2.41. The van der Waals surface area contributed by atoms with Gasteiger partial charge in [0.25, 0.3) is 0 Å². The number of nitrogens with zero attached hydrogens (tertiary/aromatic N) is 1. The molecule has 734 valence electrons. The number of rotatable bonds is 26. The number of aromatic amines is 1. The molecule has 14 atom stereocenters. The van der Waals surface area contributed by atoms with Crippen molar-refractivity contribution in [3.8, 4) is 11.1 Å². The molecular formula is C95H127N19O21S. The minimum atomic E-state index is -2.00. The van der Waals surface area contributed by atoms with Crippen LogP contribution in [0.15, 0.2) is 140 Å². The molecule has 1 saturated heterocycles. The Morgan fingerprint density at radius 2 is 0.816 bits per heavy atom. The number of aromatic carboxylic acids is 1. The third-order valence-electron chi connectivity index (χ3n) is 22.3. The van der Waals surface area contributed by atoms with Gasteiger partial charge in [0.05, 0.1) is 37.3 Å². The Labute approximate surface area is 792 Å². The Balaban J connectivity index is 1.34. The van der Waals surface area contributed by atoms with Gasteiger partial charge < -0.3 is 112 Å². The molecule has 0 bridgehead atoms. The maximum atomic E-state index is 15.5. The highest BCUT2D eigenvalue weighted by atomic mass is 32.2. The number of para-hydroxylation sites is 1. The van der Waals surface area contributed by atoms with Gasteiger partial charge in [0.15, 0.2) is 0 Å². The summed E-state index contributed by atoms with van der Waals surface area (Å²) in [6.07, 6.45) is -2.06. The molecule has 1 fully saturated rings. The molecule has 2 heterocycles. The van der Waals surface area contributed by atoms with Gasteiger partial charge in [0.1, 0.15) is 84.6 Å². The molecule has 0 aliphatic carbocycles. The van der Waals surface area contributed by atoms with Crippen molar-refractivity contribution in [2.75, 3.05) is 31.7 Å². The van der Waals surface area contributed by atoms with Gasteiger partial charge in [-0.05, 0) is 107 Å². The number of aliphatic hydroxyl groups is 1. The van der Waals surface area contributed by atoms with Gasteiger partial charge in [-0.2, -0.15) is 0 Å². The molecule has 6 aromatic rings. The Morgan fingerprint density at radius 1 is 0.419 bits per heavy atom. The lowest BCUT2D eigenvalue weighted by Crippen LogP contribution is -2.62. The number of carboxylic acids is 1. The zero-order chi connectivity index (χ0) is 100. The number of carbonyl (C=O) groups excluding carboxylic acids is 18. The summed E-state index contributed by atoms with van der Waals surface area (Å²) in [6.45, 7) is 15.9. The summed E-state index contributed by atoms with van der Waals surface area (Å²) in [5.74, 6) is -24.0. The number of hydrogen-bond donors (Lipinski definition) is 20. The number of hydrogen-bond acceptors (Lipinski definition) is 21. The molecule has 0 radical (unpaired) electrons. The van der Waals surface area contributed by atoms with Crippen molar-refractivity contribution in [2.45, 2.75) is 219 Å². The van der Waals surface area contributed by atoms with Gasteiger partial charge in [-0.3, -0.25) is 86.3 Å². The number of nitrogens with one attached hydrogen (secondary N) is 15. The Kier molecular flexibility index (Phi) is 42.1. The van der Waals surface area contributed by atoms with E-state index < -0.39 is 259 Å². The molecule has 1 aromatic heterocycles. The number of primary amides is 3. The average molecular weight is 1900 g/mol. The van der Waals surface area contributed by atoms with Crippen molar-refractivity contribution in [3.63, 3.8) is 0 Å². The summed E-state index contributed by atoms with van der Waals surface area (Å²) >= 11 is 0.687. The maximum absolute atomic E-state index is 15.5. The van der Waals surface area contributed by atoms with Gasteiger partial charge in [-0.25, -0.2) is 4.79 Å². The molecule has 136 heavy (non-hydrogen) atoms. The maximum Gasteiger partial charge on any atom is 0.335 e. The predicted octanol–water partition coefficient (Wildman–Crippen LogP) is -0.505. The first kappa shape index (κ1) is 109. The van der Waals surface area contributed by atoms with Gasteiger partial charge in [0.2, 0.25) is 106 Å². The second-order valence-electron chi connectivity index (χ2n) is 35.7. The molecule has 0 saturated carbocycles. The van der Waals surface area contributed by atoms with E-state index in [1.807, 2.05) is 30.3 Å².